The smallest absolute Gasteiger partial charge is 0.113 e. The van der Waals surface area contributed by atoms with Crippen molar-refractivity contribution in [2.75, 3.05) is 0 Å². The van der Waals surface area contributed by atoms with Gasteiger partial charge in [-0.2, -0.15) is 0 Å². The van der Waals surface area contributed by atoms with Crippen LogP contribution in [0.15, 0.2) is 41.0 Å². The van der Waals surface area contributed by atoms with E-state index in [0.29, 0.717) is 15.8 Å². The zero-order valence-corrected chi connectivity index (χ0v) is 13.3. The summed E-state index contributed by atoms with van der Waals surface area (Å²) in [4.78, 5) is 8.44. The van der Waals surface area contributed by atoms with E-state index in [9.17, 15) is 5.11 Å². The fourth-order valence-electron chi connectivity index (χ4n) is 1.74. The second kappa shape index (κ2) is 7.16. The number of nitrogens with zero attached hydrogens (tertiary/aromatic N) is 2. The molecule has 2 heterocycles. The number of aromatic nitrogens is 1. The predicted molar refractivity (Wildman–Crippen MR) is 86.7 cm³/mol. The first-order chi connectivity index (χ1) is 9.56. The molecule has 0 spiro atoms. The standard InChI is InChI=1S/C14H14Cl2N2OS/c1-9-5-10(19)3-2-4-14(18-9)20-8-11-12(15)6-17-7-13(11)16/h3,5-7,19H,2,4,8H2,1H3/b9-5-,10-3+,18-14+. The first-order valence-electron chi connectivity index (χ1n) is 6.12. The summed E-state index contributed by atoms with van der Waals surface area (Å²) in [6.45, 7) is 1.86. The predicted octanol–water partition coefficient (Wildman–Crippen LogP) is 5.16. The van der Waals surface area contributed by atoms with Crippen molar-refractivity contribution in [3.8, 4) is 0 Å². The minimum Gasteiger partial charge on any atom is -0.508 e. The number of hydrogen-bond acceptors (Lipinski definition) is 4. The summed E-state index contributed by atoms with van der Waals surface area (Å²) < 4.78 is 0. The maximum Gasteiger partial charge on any atom is 0.113 e. The summed E-state index contributed by atoms with van der Waals surface area (Å²) in [6.07, 6.45) is 8.20. The highest BCUT2D eigenvalue weighted by Gasteiger charge is 2.10. The van der Waals surface area contributed by atoms with E-state index in [0.717, 1.165) is 29.1 Å². The van der Waals surface area contributed by atoms with Crippen LogP contribution in [0, 0.1) is 0 Å². The molecule has 1 aliphatic rings. The van der Waals surface area contributed by atoms with Crippen LogP contribution in [0.5, 0.6) is 0 Å². The fourth-order valence-corrected chi connectivity index (χ4v) is 3.49. The van der Waals surface area contributed by atoms with Gasteiger partial charge in [-0.15, -0.1) is 11.8 Å². The van der Waals surface area contributed by atoms with Crippen LogP contribution in [0.3, 0.4) is 0 Å². The van der Waals surface area contributed by atoms with Crippen molar-refractivity contribution in [1.82, 2.24) is 4.98 Å². The normalized spacial score (nSPS) is 23.6. The number of thioether (sulfide) groups is 1. The number of hydrogen-bond donors (Lipinski definition) is 1. The van der Waals surface area contributed by atoms with Crippen LogP contribution in [-0.4, -0.2) is 15.1 Å². The van der Waals surface area contributed by atoms with Gasteiger partial charge in [0, 0.05) is 35.5 Å². The third kappa shape index (κ3) is 4.27. The third-order valence-corrected chi connectivity index (χ3v) is 4.42. The molecule has 1 N–H and O–H groups in total. The Balaban J connectivity index is 2.09. The monoisotopic (exact) mass is 328 g/mol. The molecule has 0 aliphatic carbocycles. The average Bonchev–Trinajstić information content (AvgIpc) is 2.35. The Kier molecular flexibility index (Phi) is 5.52. The Labute approximate surface area is 132 Å². The number of aliphatic imine (C=N–C) groups is 1. The van der Waals surface area contributed by atoms with E-state index in [1.807, 2.05) is 6.92 Å². The van der Waals surface area contributed by atoms with E-state index in [1.165, 1.54) is 0 Å². The van der Waals surface area contributed by atoms with Crippen molar-refractivity contribution in [3.63, 3.8) is 0 Å². The van der Waals surface area contributed by atoms with Crippen LogP contribution in [0.25, 0.3) is 0 Å². The van der Waals surface area contributed by atoms with Gasteiger partial charge >= 0.3 is 0 Å². The van der Waals surface area contributed by atoms with Gasteiger partial charge in [0.05, 0.1) is 15.1 Å². The minimum atomic E-state index is 0.274. The Morgan fingerprint density at radius 1 is 1.30 bits per heavy atom. The Bertz CT molecular complexity index is 577. The highest BCUT2D eigenvalue weighted by atomic mass is 35.5. The van der Waals surface area contributed by atoms with Crippen LogP contribution in [0.2, 0.25) is 10.0 Å². The van der Waals surface area contributed by atoms with Crippen LogP contribution >= 0.6 is 35.0 Å². The maximum atomic E-state index is 9.52. The highest BCUT2D eigenvalue weighted by molar-refractivity contribution is 8.13. The molecule has 0 fully saturated rings. The van der Waals surface area contributed by atoms with E-state index < -0.39 is 0 Å². The zero-order valence-electron chi connectivity index (χ0n) is 10.9. The average molecular weight is 329 g/mol. The van der Waals surface area contributed by atoms with Crippen LogP contribution in [0.4, 0.5) is 0 Å². The van der Waals surface area contributed by atoms with Gasteiger partial charge in [-0.05, 0) is 25.8 Å². The number of allylic oxidation sites excluding steroid dienone is 3. The molecular formula is C14H14Cl2N2OS. The van der Waals surface area contributed by atoms with Crippen LogP contribution in [0.1, 0.15) is 25.3 Å². The number of aliphatic hydroxyl groups excluding tert-OH is 1. The van der Waals surface area contributed by atoms with E-state index in [4.69, 9.17) is 23.2 Å². The van der Waals surface area contributed by atoms with Crippen LogP contribution in [-0.2, 0) is 5.75 Å². The molecule has 106 valence electrons. The lowest BCUT2D eigenvalue weighted by molar-refractivity contribution is 0.428. The van der Waals surface area contributed by atoms with E-state index in [-0.39, 0.29) is 5.76 Å². The van der Waals surface area contributed by atoms with Gasteiger partial charge in [0.2, 0.25) is 0 Å². The molecule has 0 aromatic carbocycles. The van der Waals surface area contributed by atoms with Crippen molar-refractivity contribution in [2.45, 2.75) is 25.5 Å². The molecule has 0 radical (unpaired) electrons. The molecular weight excluding hydrogens is 315 g/mol. The lowest BCUT2D eigenvalue weighted by Crippen LogP contribution is -1.98. The molecule has 0 amide bonds. The van der Waals surface area contributed by atoms with Gasteiger partial charge in [-0.3, -0.25) is 9.98 Å². The van der Waals surface area contributed by atoms with Gasteiger partial charge in [-0.25, -0.2) is 0 Å². The van der Waals surface area contributed by atoms with E-state index in [1.54, 1.807) is 36.3 Å². The van der Waals surface area contributed by atoms with Crippen molar-refractivity contribution < 1.29 is 5.11 Å². The topological polar surface area (TPSA) is 45.5 Å². The Morgan fingerprint density at radius 2 is 2.00 bits per heavy atom. The maximum absolute atomic E-state index is 9.52. The first kappa shape index (κ1) is 15.4. The second-order valence-corrected chi connectivity index (χ2v) is 6.19. The molecule has 6 heteroatoms. The number of halogens is 2. The van der Waals surface area contributed by atoms with E-state index in [2.05, 4.69) is 9.98 Å². The van der Waals surface area contributed by atoms with Gasteiger partial charge in [-0.1, -0.05) is 23.2 Å². The van der Waals surface area contributed by atoms with Gasteiger partial charge in [0.25, 0.3) is 0 Å². The quantitative estimate of drug-likeness (QED) is 0.815. The lowest BCUT2D eigenvalue weighted by Gasteiger charge is -2.10. The third-order valence-electron chi connectivity index (χ3n) is 2.70. The van der Waals surface area contributed by atoms with Crippen molar-refractivity contribution in [2.24, 2.45) is 4.99 Å². The number of aliphatic hydroxyl groups is 1. The van der Waals surface area contributed by atoms with Crippen LogP contribution < -0.4 is 0 Å². The van der Waals surface area contributed by atoms with Crippen molar-refractivity contribution in [3.05, 3.63) is 51.6 Å². The summed E-state index contributed by atoms with van der Waals surface area (Å²) in [6, 6.07) is 0. The number of rotatable bonds is 2. The van der Waals surface area contributed by atoms with Gasteiger partial charge in [0.15, 0.2) is 0 Å². The van der Waals surface area contributed by atoms with Crippen molar-refractivity contribution >= 4 is 40.0 Å². The molecule has 1 aromatic heterocycles. The molecule has 3 nitrogen and oxygen atoms in total. The molecule has 2 rings (SSSR count). The van der Waals surface area contributed by atoms with E-state index >= 15 is 0 Å². The fraction of sp³-hybridized carbons (Fsp3) is 0.286. The van der Waals surface area contributed by atoms with Crippen molar-refractivity contribution in [1.29, 1.82) is 0 Å². The summed E-state index contributed by atoms with van der Waals surface area (Å²) in [5, 5.41) is 11.7. The minimum absolute atomic E-state index is 0.274. The molecule has 0 saturated carbocycles. The summed E-state index contributed by atoms with van der Waals surface area (Å²) >= 11 is 13.8. The summed E-state index contributed by atoms with van der Waals surface area (Å²) in [5.74, 6) is 0.928. The molecule has 0 unspecified atom stereocenters. The van der Waals surface area contributed by atoms with Gasteiger partial charge < -0.3 is 5.11 Å². The highest BCUT2D eigenvalue weighted by Crippen LogP contribution is 2.29. The molecule has 0 saturated heterocycles. The number of pyridine rings is 1. The molecule has 1 aromatic rings. The summed E-state index contributed by atoms with van der Waals surface area (Å²) in [5.41, 5.74) is 1.66. The molecule has 20 heavy (non-hydrogen) atoms. The largest absolute Gasteiger partial charge is 0.508 e. The first-order valence-corrected chi connectivity index (χ1v) is 7.86. The lowest BCUT2D eigenvalue weighted by atomic mass is 10.2. The zero-order chi connectivity index (χ0) is 14.5. The Morgan fingerprint density at radius 3 is 2.70 bits per heavy atom. The Hall–Kier alpha value is -0.970. The molecule has 0 bridgehead atoms. The second-order valence-electron chi connectivity index (χ2n) is 4.33. The molecule has 1 aliphatic heterocycles. The SMILES string of the molecule is CC1=C/C(O)=C\CC/C(SCc2c(Cl)cncc2Cl)=N\1. The summed E-state index contributed by atoms with van der Waals surface area (Å²) in [7, 11) is 0. The van der Waals surface area contributed by atoms with Gasteiger partial charge in [0.1, 0.15) is 5.76 Å². The molecule has 0 atom stereocenters.